The second kappa shape index (κ2) is 7.81. The number of anilines is 1. The van der Waals surface area contributed by atoms with Crippen LogP contribution in [0.15, 0.2) is 52.5 Å². The third-order valence-electron chi connectivity index (χ3n) is 4.55. The lowest BCUT2D eigenvalue weighted by atomic mass is 9.99. The Morgan fingerprint density at radius 3 is 2.50 bits per heavy atom. The van der Waals surface area contributed by atoms with Gasteiger partial charge in [-0.3, -0.25) is 10.2 Å². The Morgan fingerprint density at radius 1 is 1.20 bits per heavy atom. The first-order chi connectivity index (χ1) is 13.9. The number of amides is 1. The summed E-state index contributed by atoms with van der Waals surface area (Å²) >= 11 is 0. The van der Waals surface area contributed by atoms with Gasteiger partial charge in [0.1, 0.15) is 11.4 Å². The van der Waals surface area contributed by atoms with Crippen molar-refractivity contribution in [3.05, 3.63) is 48.3 Å². The fraction of sp³-hybridized carbons (Fsp3) is 0.333. The van der Waals surface area contributed by atoms with E-state index in [0.29, 0.717) is 17.5 Å². The third-order valence-corrected chi connectivity index (χ3v) is 6.36. The van der Waals surface area contributed by atoms with Crippen LogP contribution in [0.5, 0.6) is 0 Å². The van der Waals surface area contributed by atoms with Crippen LogP contribution in [0.4, 0.5) is 10.1 Å². The van der Waals surface area contributed by atoms with E-state index in [2.05, 4.69) is 20.6 Å². The standard InChI is InChI=1S/C21H25FN4O3S/c1-20(2,3)26-30(28,29)18-8-6-5-7-15(18)14-9-10-17(16(22)13-14)24-19(27)21(4)11-12-23-25-21/h5-10,12-13,25-26H,11H2,1-4H3,(H,24,27). The van der Waals surface area contributed by atoms with Crippen LogP contribution in [0.3, 0.4) is 0 Å². The molecule has 160 valence electrons. The molecule has 0 saturated heterocycles. The summed E-state index contributed by atoms with van der Waals surface area (Å²) in [5.41, 5.74) is 1.86. The van der Waals surface area contributed by atoms with E-state index in [-0.39, 0.29) is 10.6 Å². The van der Waals surface area contributed by atoms with Crippen LogP contribution >= 0.6 is 0 Å². The number of carbonyl (C=O) groups is 1. The molecule has 0 bridgehead atoms. The minimum atomic E-state index is -3.82. The summed E-state index contributed by atoms with van der Waals surface area (Å²) in [6.45, 7) is 6.91. The quantitative estimate of drug-likeness (QED) is 0.675. The van der Waals surface area contributed by atoms with Gasteiger partial charge in [-0.15, -0.1) is 0 Å². The molecule has 0 aliphatic carbocycles. The Kier molecular flexibility index (Phi) is 5.70. The first-order valence-electron chi connectivity index (χ1n) is 9.44. The van der Waals surface area contributed by atoms with Gasteiger partial charge in [-0.2, -0.15) is 5.10 Å². The summed E-state index contributed by atoms with van der Waals surface area (Å²) in [4.78, 5) is 12.5. The van der Waals surface area contributed by atoms with Gasteiger partial charge in [0.25, 0.3) is 5.91 Å². The first kappa shape index (κ1) is 21.9. The highest BCUT2D eigenvalue weighted by Gasteiger charge is 2.35. The fourth-order valence-corrected chi connectivity index (χ4v) is 4.70. The summed E-state index contributed by atoms with van der Waals surface area (Å²) in [6, 6.07) is 10.6. The number of nitrogens with zero attached hydrogens (tertiary/aromatic N) is 1. The lowest BCUT2D eigenvalue weighted by molar-refractivity contribution is -0.121. The molecule has 2 aromatic carbocycles. The van der Waals surface area contributed by atoms with E-state index in [1.54, 1.807) is 58.2 Å². The van der Waals surface area contributed by atoms with Crippen LogP contribution in [0, 0.1) is 5.82 Å². The number of halogens is 1. The molecule has 30 heavy (non-hydrogen) atoms. The van der Waals surface area contributed by atoms with Crippen LogP contribution in [-0.4, -0.2) is 31.6 Å². The first-order valence-corrected chi connectivity index (χ1v) is 10.9. The maximum atomic E-state index is 14.8. The number of sulfonamides is 1. The van der Waals surface area contributed by atoms with Crippen molar-refractivity contribution in [1.29, 1.82) is 0 Å². The molecule has 1 unspecified atom stereocenters. The maximum Gasteiger partial charge on any atom is 0.251 e. The summed E-state index contributed by atoms with van der Waals surface area (Å²) in [7, 11) is -3.82. The molecule has 0 fully saturated rings. The smallest absolute Gasteiger partial charge is 0.251 e. The Labute approximate surface area is 175 Å². The Bertz CT molecular complexity index is 1100. The molecule has 0 aromatic heterocycles. The summed E-state index contributed by atoms with van der Waals surface area (Å²) in [5.74, 6) is -1.08. The second-order valence-corrected chi connectivity index (χ2v) is 10.1. The van der Waals surface area contributed by atoms with Crippen molar-refractivity contribution >= 4 is 27.8 Å². The number of hydrogen-bond donors (Lipinski definition) is 3. The number of benzene rings is 2. The molecule has 1 aliphatic heterocycles. The summed E-state index contributed by atoms with van der Waals surface area (Å²) in [5, 5.41) is 6.40. The topological polar surface area (TPSA) is 99.7 Å². The zero-order valence-electron chi connectivity index (χ0n) is 17.3. The van der Waals surface area contributed by atoms with E-state index < -0.39 is 32.8 Å². The summed E-state index contributed by atoms with van der Waals surface area (Å²) < 4.78 is 43.1. The molecular weight excluding hydrogens is 407 g/mol. The molecule has 9 heteroatoms. The van der Waals surface area contributed by atoms with Crippen LogP contribution in [0.2, 0.25) is 0 Å². The molecule has 1 atom stereocenters. The molecule has 3 N–H and O–H groups in total. The average Bonchev–Trinajstić information content (AvgIpc) is 3.09. The van der Waals surface area contributed by atoms with Gasteiger partial charge in [-0.25, -0.2) is 17.5 Å². The zero-order chi connectivity index (χ0) is 22.2. The Morgan fingerprint density at radius 2 is 1.90 bits per heavy atom. The van der Waals surface area contributed by atoms with Crippen LogP contribution in [-0.2, 0) is 14.8 Å². The minimum absolute atomic E-state index is 0.00632. The fourth-order valence-electron chi connectivity index (χ4n) is 3.05. The van der Waals surface area contributed by atoms with E-state index in [1.807, 2.05) is 0 Å². The van der Waals surface area contributed by atoms with Gasteiger partial charge >= 0.3 is 0 Å². The van der Waals surface area contributed by atoms with Gasteiger partial charge in [0.05, 0.1) is 10.6 Å². The van der Waals surface area contributed by atoms with Crippen molar-refractivity contribution in [2.45, 2.75) is 50.1 Å². The highest BCUT2D eigenvalue weighted by atomic mass is 32.2. The molecule has 0 spiro atoms. The highest BCUT2D eigenvalue weighted by molar-refractivity contribution is 7.89. The van der Waals surface area contributed by atoms with Crippen LogP contribution in [0.25, 0.3) is 11.1 Å². The predicted molar refractivity (Wildman–Crippen MR) is 115 cm³/mol. The van der Waals surface area contributed by atoms with E-state index in [9.17, 15) is 17.6 Å². The lowest BCUT2D eigenvalue weighted by Gasteiger charge is -2.23. The van der Waals surface area contributed by atoms with E-state index in [4.69, 9.17) is 0 Å². The Balaban J connectivity index is 1.92. The number of hydrazone groups is 1. The molecular formula is C21H25FN4O3S. The van der Waals surface area contributed by atoms with Crippen molar-refractivity contribution in [2.75, 3.05) is 5.32 Å². The molecule has 7 nitrogen and oxygen atoms in total. The number of carbonyl (C=O) groups excluding carboxylic acids is 1. The Hall–Kier alpha value is -2.78. The van der Waals surface area contributed by atoms with Crippen LogP contribution in [0.1, 0.15) is 34.1 Å². The van der Waals surface area contributed by atoms with Gasteiger partial charge in [0.15, 0.2) is 0 Å². The van der Waals surface area contributed by atoms with E-state index in [1.165, 1.54) is 18.2 Å². The predicted octanol–water partition coefficient (Wildman–Crippen LogP) is 3.25. The molecule has 1 aliphatic rings. The minimum Gasteiger partial charge on any atom is -0.321 e. The van der Waals surface area contributed by atoms with Crippen molar-refractivity contribution in [3.8, 4) is 11.1 Å². The normalized spacial score (nSPS) is 18.8. The highest BCUT2D eigenvalue weighted by Crippen LogP contribution is 2.30. The number of rotatable bonds is 5. The van der Waals surface area contributed by atoms with Gasteiger partial charge in [0, 0.05) is 23.7 Å². The second-order valence-electron chi connectivity index (χ2n) is 8.46. The maximum absolute atomic E-state index is 14.8. The van der Waals surface area contributed by atoms with Gasteiger partial charge < -0.3 is 5.32 Å². The van der Waals surface area contributed by atoms with Gasteiger partial charge in [0.2, 0.25) is 10.0 Å². The van der Waals surface area contributed by atoms with E-state index >= 15 is 0 Å². The lowest BCUT2D eigenvalue weighted by Crippen LogP contribution is -2.47. The van der Waals surface area contributed by atoms with Gasteiger partial charge in [-0.05, 0) is 51.5 Å². The van der Waals surface area contributed by atoms with Crippen molar-refractivity contribution in [3.63, 3.8) is 0 Å². The molecule has 3 rings (SSSR count). The molecule has 0 saturated carbocycles. The average molecular weight is 433 g/mol. The summed E-state index contributed by atoms with van der Waals surface area (Å²) in [6.07, 6.45) is 1.98. The largest absolute Gasteiger partial charge is 0.321 e. The van der Waals surface area contributed by atoms with Crippen molar-refractivity contribution in [2.24, 2.45) is 5.10 Å². The van der Waals surface area contributed by atoms with E-state index in [0.717, 1.165) is 0 Å². The molecule has 1 heterocycles. The third kappa shape index (κ3) is 4.68. The number of nitrogens with one attached hydrogen (secondary N) is 3. The molecule has 0 radical (unpaired) electrons. The van der Waals surface area contributed by atoms with Crippen LogP contribution < -0.4 is 15.5 Å². The molecule has 2 aromatic rings. The zero-order valence-corrected chi connectivity index (χ0v) is 18.1. The monoisotopic (exact) mass is 432 g/mol. The van der Waals surface area contributed by atoms with Crippen molar-refractivity contribution in [1.82, 2.24) is 10.1 Å². The number of hydrogen-bond acceptors (Lipinski definition) is 5. The van der Waals surface area contributed by atoms with Gasteiger partial charge in [-0.1, -0.05) is 24.3 Å². The van der Waals surface area contributed by atoms with Crippen molar-refractivity contribution < 1.29 is 17.6 Å². The SMILES string of the molecule is CC(C)(C)NS(=O)(=O)c1ccccc1-c1ccc(NC(=O)C2(C)CC=NN2)c(F)c1. The molecule has 1 amide bonds.